The molecule has 20 heavy (non-hydrogen) atoms. The Hall–Kier alpha value is -1.32. The minimum atomic E-state index is 0.506. The number of likely N-dealkylation sites (tertiary alicyclic amines) is 1. The van der Waals surface area contributed by atoms with Crippen LogP contribution in [0.3, 0.4) is 0 Å². The summed E-state index contributed by atoms with van der Waals surface area (Å²) in [6, 6.07) is 0. The van der Waals surface area contributed by atoms with Crippen LogP contribution in [0.1, 0.15) is 13.3 Å². The molecule has 1 heterocycles. The molecule has 0 spiro atoms. The highest BCUT2D eigenvalue weighted by atomic mass is 35.5. The van der Waals surface area contributed by atoms with Crippen LogP contribution < -0.4 is 5.73 Å². The van der Waals surface area contributed by atoms with Gasteiger partial charge in [0.1, 0.15) is 5.84 Å². The van der Waals surface area contributed by atoms with Crippen molar-refractivity contribution in [3.05, 3.63) is 47.6 Å². The van der Waals surface area contributed by atoms with Gasteiger partial charge < -0.3 is 10.6 Å². The molecule has 0 radical (unpaired) electrons. The zero-order chi connectivity index (χ0) is 15.0. The van der Waals surface area contributed by atoms with Crippen LogP contribution in [0, 0.1) is 5.92 Å². The lowest BCUT2D eigenvalue weighted by Gasteiger charge is -2.05. The molecule has 1 aliphatic rings. The van der Waals surface area contributed by atoms with Gasteiger partial charge in [0.05, 0.1) is 6.54 Å². The third kappa shape index (κ3) is 6.73. The summed E-state index contributed by atoms with van der Waals surface area (Å²) in [5.74, 6) is 1.16. The fourth-order valence-corrected chi connectivity index (χ4v) is 2.10. The molecule has 1 fully saturated rings. The van der Waals surface area contributed by atoms with Crippen molar-refractivity contribution in [2.24, 2.45) is 16.6 Å². The maximum absolute atomic E-state index is 5.90. The molecule has 0 amide bonds. The van der Waals surface area contributed by atoms with Gasteiger partial charge in [-0.1, -0.05) is 36.4 Å². The highest BCUT2D eigenvalue weighted by Gasteiger charge is 2.16. The van der Waals surface area contributed by atoms with E-state index in [2.05, 4.69) is 29.6 Å². The highest BCUT2D eigenvalue weighted by Crippen LogP contribution is 2.15. The number of hydrogen-bond acceptors (Lipinski definition) is 2. The maximum atomic E-state index is 5.90. The summed E-state index contributed by atoms with van der Waals surface area (Å²) in [5.41, 5.74) is 6.96. The van der Waals surface area contributed by atoms with E-state index in [1.807, 2.05) is 25.2 Å². The summed E-state index contributed by atoms with van der Waals surface area (Å²) in [7, 11) is 2.14. The van der Waals surface area contributed by atoms with Gasteiger partial charge in [-0.15, -0.1) is 0 Å². The molecule has 4 heteroatoms. The van der Waals surface area contributed by atoms with Crippen LogP contribution in [0.5, 0.6) is 0 Å². The molecule has 0 aromatic heterocycles. The normalized spacial score (nSPS) is 22.2. The van der Waals surface area contributed by atoms with Crippen molar-refractivity contribution in [2.45, 2.75) is 13.3 Å². The monoisotopic (exact) mass is 293 g/mol. The van der Waals surface area contributed by atoms with Crippen molar-refractivity contribution < 1.29 is 0 Å². The van der Waals surface area contributed by atoms with E-state index < -0.39 is 0 Å². The molecule has 0 aromatic rings. The van der Waals surface area contributed by atoms with Gasteiger partial charge in [-0.05, 0) is 50.6 Å². The van der Waals surface area contributed by atoms with Crippen LogP contribution in [-0.2, 0) is 0 Å². The fraction of sp³-hybridized carbons (Fsp3) is 0.438. The Balaban J connectivity index is 2.48. The Bertz CT molecular complexity index is 447. The van der Waals surface area contributed by atoms with Crippen molar-refractivity contribution in [2.75, 3.05) is 26.7 Å². The van der Waals surface area contributed by atoms with E-state index in [1.165, 1.54) is 6.42 Å². The van der Waals surface area contributed by atoms with Crippen molar-refractivity contribution in [1.29, 1.82) is 0 Å². The predicted octanol–water partition coefficient (Wildman–Crippen LogP) is 3.11. The molecule has 0 aromatic carbocycles. The van der Waals surface area contributed by atoms with Crippen molar-refractivity contribution in [3.8, 4) is 0 Å². The Morgan fingerprint density at radius 3 is 2.75 bits per heavy atom. The number of halogens is 1. The van der Waals surface area contributed by atoms with E-state index in [4.69, 9.17) is 17.3 Å². The average molecular weight is 294 g/mol. The Morgan fingerprint density at radius 1 is 1.45 bits per heavy atom. The molecule has 0 aliphatic carbocycles. The summed E-state index contributed by atoms with van der Waals surface area (Å²) in [5, 5.41) is 0.506. The first-order valence-electron chi connectivity index (χ1n) is 6.85. The lowest BCUT2D eigenvalue weighted by Crippen LogP contribution is -2.14. The second-order valence-corrected chi connectivity index (χ2v) is 5.54. The minimum Gasteiger partial charge on any atom is -0.384 e. The van der Waals surface area contributed by atoms with Crippen LogP contribution in [0.25, 0.3) is 0 Å². The largest absolute Gasteiger partial charge is 0.384 e. The van der Waals surface area contributed by atoms with Gasteiger partial charge in [0.2, 0.25) is 0 Å². The Morgan fingerprint density at radius 2 is 2.20 bits per heavy atom. The summed E-state index contributed by atoms with van der Waals surface area (Å²) in [6.07, 6.45) is 10.9. The Labute approximate surface area is 127 Å². The molecule has 1 aliphatic heterocycles. The van der Waals surface area contributed by atoms with Gasteiger partial charge in [0.25, 0.3) is 0 Å². The van der Waals surface area contributed by atoms with Gasteiger partial charge >= 0.3 is 0 Å². The third-order valence-corrected chi connectivity index (χ3v) is 3.39. The van der Waals surface area contributed by atoms with Crippen molar-refractivity contribution in [1.82, 2.24) is 4.90 Å². The van der Waals surface area contributed by atoms with E-state index in [9.17, 15) is 0 Å². The van der Waals surface area contributed by atoms with Gasteiger partial charge in [-0.2, -0.15) is 0 Å². The molecule has 1 saturated heterocycles. The standard InChI is InChI=1S/C16H24ClN3/c1-4-14(6-5-13(2)17)11-19-16(18)8-7-15-9-10-20(3)12-15/h4-8,15H,2,9-12H2,1,3H3,(H2,18,19)/b6-5-,8-7+,14-4+. The van der Waals surface area contributed by atoms with Gasteiger partial charge in [0.15, 0.2) is 0 Å². The van der Waals surface area contributed by atoms with Gasteiger partial charge in [-0.3, -0.25) is 4.99 Å². The molecule has 2 N–H and O–H groups in total. The SMILES string of the molecule is C=C(Cl)/C=C\C(=C/C)CN=C(N)/C=C/C1CCN(C)C1. The second kappa shape index (κ2) is 8.77. The molecule has 1 unspecified atom stereocenters. The molecule has 1 rings (SSSR count). The average Bonchev–Trinajstić information content (AvgIpc) is 2.82. The highest BCUT2D eigenvalue weighted by molar-refractivity contribution is 6.30. The number of allylic oxidation sites excluding steroid dienone is 3. The van der Waals surface area contributed by atoms with Gasteiger partial charge in [0, 0.05) is 11.6 Å². The quantitative estimate of drug-likeness (QED) is 0.464. The van der Waals surface area contributed by atoms with Gasteiger partial charge in [-0.25, -0.2) is 0 Å². The number of nitrogens with two attached hydrogens (primary N) is 1. The Kier molecular flexibility index (Phi) is 7.34. The zero-order valence-corrected chi connectivity index (χ0v) is 13.1. The van der Waals surface area contributed by atoms with Crippen LogP contribution in [-0.4, -0.2) is 37.4 Å². The molecular weight excluding hydrogens is 270 g/mol. The van der Waals surface area contributed by atoms with E-state index in [1.54, 1.807) is 6.08 Å². The topological polar surface area (TPSA) is 41.6 Å². The van der Waals surface area contributed by atoms with E-state index in [-0.39, 0.29) is 0 Å². The van der Waals surface area contributed by atoms with Crippen molar-refractivity contribution in [3.63, 3.8) is 0 Å². The molecular formula is C16H24ClN3. The van der Waals surface area contributed by atoms with E-state index in [0.29, 0.717) is 23.3 Å². The molecule has 3 nitrogen and oxygen atoms in total. The first-order chi connectivity index (χ1) is 9.51. The summed E-state index contributed by atoms with van der Waals surface area (Å²) in [6.45, 7) is 8.39. The predicted molar refractivity (Wildman–Crippen MR) is 89.1 cm³/mol. The summed E-state index contributed by atoms with van der Waals surface area (Å²) >= 11 is 5.69. The summed E-state index contributed by atoms with van der Waals surface area (Å²) < 4.78 is 0. The number of aliphatic imine (C=N–C) groups is 1. The second-order valence-electron chi connectivity index (χ2n) is 5.05. The van der Waals surface area contributed by atoms with E-state index >= 15 is 0 Å². The first-order valence-corrected chi connectivity index (χ1v) is 7.23. The van der Waals surface area contributed by atoms with Crippen LogP contribution in [0.2, 0.25) is 0 Å². The van der Waals surface area contributed by atoms with Crippen molar-refractivity contribution >= 4 is 17.4 Å². The number of rotatable bonds is 6. The lowest BCUT2D eigenvalue weighted by molar-refractivity contribution is 0.408. The number of amidine groups is 1. The third-order valence-electron chi connectivity index (χ3n) is 3.26. The summed E-state index contributed by atoms with van der Waals surface area (Å²) in [4.78, 5) is 6.68. The molecule has 0 saturated carbocycles. The lowest BCUT2D eigenvalue weighted by atomic mass is 10.1. The fourth-order valence-electron chi connectivity index (χ4n) is 2.03. The van der Waals surface area contributed by atoms with Crippen LogP contribution in [0.4, 0.5) is 0 Å². The molecule has 0 bridgehead atoms. The minimum absolute atomic E-state index is 0.506. The molecule has 110 valence electrons. The number of nitrogens with zero attached hydrogens (tertiary/aromatic N) is 2. The van der Waals surface area contributed by atoms with Crippen LogP contribution in [0.15, 0.2) is 52.6 Å². The smallest absolute Gasteiger partial charge is 0.118 e. The zero-order valence-electron chi connectivity index (χ0n) is 12.3. The van der Waals surface area contributed by atoms with Crippen LogP contribution >= 0.6 is 11.6 Å². The number of hydrogen-bond donors (Lipinski definition) is 1. The maximum Gasteiger partial charge on any atom is 0.118 e. The van der Waals surface area contributed by atoms with E-state index in [0.717, 1.165) is 18.7 Å². The first kappa shape index (κ1) is 16.7. The molecule has 1 atom stereocenters.